The number of carboxylic acid groups (broad SMARTS) is 1. The molecule has 0 saturated carbocycles. The summed E-state index contributed by atoms with van der Waals surface area (Å²) in [5.74, 6) is -1.25. The molecule has 0 saturated heterocycles. The molecule has 1 aromatic carbocycles. The molecule has 1 rings (SSSR count). The number of aromatic carboxylic acids is 1. The summed E-state index contributed by atoms with van der Waals surface area (Å²) in [4.78, 5) is 10.6. The fraction of sp³-hybridized carbons (Fsp3) is 0.364. The lowest BCUT2D eigenvalue weighted by atomic mass is 10.1. The summed E-state index contributed by atoms with van der Waals surface area (Å²) in [6.07, 6.45) is 1.83. The highest BCUT2D eigenvalue weighted by molar-refractivity contribution is 7.85. The second kappa shape index (κ2) is 5.83. The zero-order valence-corrected chi connectivity index (χ0v) is 10.7. The predicted molar refractivity (Wildman–Crippen MR) is 66.6 cm³/mol. The normalized spacial score (nSPS) is 11.2. The van der Waals surface area contributed by atoms with Crippen LogP contribution >= 0.6 is 0 Å². The summed E-state index contributed by atoms with van der Waals surface area (Å²) in [5, 5.41) is 11.9. The lowest BCUT2D eigenvalue weighted by Crippen LogP contribution is -2.09. The van der Waals surface area contributed by atoms with Crippen molar-refractivity contribution >= 4 is 21.8 Å². The van der Waals surface area contributed by atoms with Gasteiger partial charge in [-0.05, 0) is 24.6 Å². The van der Waals surface area contributed by atoms with E-state index in [0.717, 1.165) is 25.0 Å². The molecule has 0 amide bonds. The number of rotatable bonds is 6. The smallest absolute Gasteiger partial charge is 0.337 e. The van der Waals surface area contributed by atoms with Gasteiger partial charge in [-0.3, -0.25) is 4.55 Å². The molecule has 0 aromatic heterocycles. The topological polar surface area (TPSA) is 104 Å². The quantitative estimate of drug-likeness (QED) is 0.539. The second-order valence-electron chi connectivity index (χ2n) is 3.77. The fourth-order valence-corrected chi connectivity index (χ4v) is 1.92. The van der Waals surface area contributed by atoms with Crippen molar-refractivity contribution in [1.29, 1.82) is 0 Å². The number of carboxylic acids is 1. The van der Waals surface area contributed by atoms with Gasteiger partial charge in [0.05, 0.1) is 10.5 Å². The van der Waals surface area contributed by atoms with E-state index in [-0.39, 0.29) is 5.56 Å². The van der Waals surface area contributed by atoms with Gasteiger partial charge in [0.25, 0.3) is 10.1 Å². The van der Waals surface area contributed by atoms with Crippen molar-refractivity contribution in [2.75, 3.05) is 11.9 Å². The van der Waals surface area contributed by atoms with Gasteiger partial charge in [-0.1, -0.05) is 13.3 Å². The van der Waals surface area contributed by atoms with Gasteiger partial charge in [-0.15, -0.1) is 0 Å². The maximum Gasteiger partial charge on any atom is 0.337 e. The van der Waals surface area contributed by atoms with Crippen LogP contribution in [0.4, 0.5) is 5.69 Å². The predicted octanol–water partition coefficient (Wildman–Crippen LogP) is 1.84. The van der Waals surface area contributed by atoms with Crippen LogP contribution in [0.5, 0.6) is 0 Å². The Kier molecular flexibility index (Phi) is 4.69. The zero-order valence-electron chi connectivity index (χ0n) is 9.88. The van der Waals surface area contributed by atoms with E-state index in [2.05, 4.69) is 5.32 Å². The Morgan fingerprint density at radius 3 is 2.56 bits per heavy atom. The maximum atomic E-state index is 11.0. The number of unbranched alkanes of at least 4 members (excludes halogenated alkanes) is 1. The van der Waals surface area contributed by atoms with Gasteiger partial charge in [0.1, 0.15) is 0 Å². The highest BCUT2D eigenvalue weighted by Crippen LogP contribution is 2.20. The van der Waals surface area contributed by atoms with Gasteiger partial charge in [0, 0.05) is 12.2 Å². The molecule has 18 heavy (non-hydrogen) atoms. The van der Waals surface area contributed by atoms with E-state index in [1.807, 2.05) is 6.92 Å². The number of benzene rings is 1. The van der Waals surface area contributed by atoms with Gasteiger partial charge in [-0.2, -0.15) is 8.42 Å². The van der Waals surface area contributed by atoms with Crippen molar-refractivity contribution in [1.82, 2.24) is 0 Å². The first kappa shape index (κ1) is 14.5. The van der Waals surface area contributed by atoms with Crippen LogP contribution in [0.3, 0.4) is 0 Å². The first-order chi connectivity index (χ1) is 8.36. The van der Waals surface area contributed by atoms with E-state index in [4.69, 9.17) is 9.66 Å². The van der Waals surface area contributed by atoms with Crippen molar-refractivity contribution in [2.24, 2.45) is 0 Å². The fourth-order valence-electron chi connectivity index (χ4n) is 1.41. The molecule has 7 heteroatoms. The van der Waals surface area contributed by atoms with Gasteiger partial charge in [0.2, 0.25) is 0 Å². The van der Waals surface area contributed by atoms with Crippen molar-refractivity contribution in [3.05, 3.63) is 23.8 Å². The summed E-state index contributed by atoms with van der Waals surface area (Å²) in [5.41, 5.74) is 0.157. The Labute approximate surface area is 105 Å². The van der Waals surface area contributed by atoms with Crippen LogP contribution in [0, 0.1) is 0 Å². The molecule has 0 bridgehead atoms. The van der Waals surface area contributed by atoms with Crippen molar-refractivity contribution < 1.29 is 22.9 Å². The Hall–Kier alpha value is -1.60. The average Bonchev–Trinajstić information content (AvgIpc) is 2.28. The van der Waals surface area contributed by atoms with E-state index in [1.54, 1.807) is 0 Å². The van der Waals surface area contributed by atoms with E-state index in [0.29, 0.717) is 12.2 Å². The first-order valence-electron chi connectivity index (χ1n) is 5.45. The van der Waals surface area contributed by atoms with Gasteiger partial charge in [0.15, 0.2) is 0 Å². The number of nitrogens with one attached hydrogen (secondary N) is 1. The molecule has 0 unspecified atom stereocenters. The minimum Gasteiger partial charge on any atom is -0.478 e. The molecule has 0 spiro atoms. The number of anilines is 1. The summed E-state index contributed by atoms with van der Waals surface area (Å²) in [7, 11) is -4.39. The Morgan fingerprint density at radius 1 is 1.39 bits per heavy atom. The Bertz CT molecular complexity index is 538. The molecule has 0 aliphatic rings. The lowest BCUT2D eigenvalue weighted by molar-refractivity contribution is 0.0697. The lowest BCUT2D eigenvalue weighted by Gasteiger charge is -2.10. The highest BCUT2D eigenvalue weighted by Gasteiger charge is 2.16. The summed E-state index contributed by atoms with van der Waals surface area (Å²) < 4.78 is 30.7. The van der Waals surface area contributed by atoms with Crippen LogP contribution in [0.2, 0.25) is 0 Å². The average molecular weight is 273 g/mol. The zero-order chi connectivity index (χ0) is 13.8. The van der Waals surface area contributed by atoms with Crippen LogP contribution in [-0.4, -0.2) is 30.6 Å². The highest BCUT2D eigenvalue weighted by atomic mass is 32.2. The molecule has 100 valence electrons. The molecular formula is C11H15NO5S. The van der Waals surface area contributed by atoms with E-state index >= 15 is 0 Å². The van der Waals surface area contributed by atoms with Crippen LogP contribution in [-0.2, 0) is 10.1 Å². The van der Waals surface area contributed by atoms with Crippen LogP contribution in [0.1, 0.15) is 30.1 Å². The first-order valence-corrected chi connectivity index (χ1v) is 6.89. The van der Waals surface area contributed by atoms with Gasteiger partial charge in [-0.25, -0.2) is 4.79 Å². The molecule has 1 aromatic rings. The molecule has 6 nitrogen and oxygen atoms in total. The molecular weight excluding hydrogens is 258 g/mol. The van der Waals surface area contributed by atoms with Gasteiger partial charge >= 0.3 is 5.97 Å². The van der Waals surface area contributed by atoms with Crippen LogP contribution < -0.4 is 5.32 Å². The van der Waals surface area contributed by atoms with Crippen LogP contribution in [0.25, 0.3) is 0 Å². The third kappa shape index (κ3) is 3.71. The molecule has 0 atom stereocenters. The SMILES string of the molecule is CCCCNc1ccc(S(=O)(=O)O)cc1C(=O)O. The standard InChI is InChI=1S/C11H15NO5S/c1-2-3-6-12-10-5-4-8(18(15,16)17)7-9(10)11(13)14/h4-5,7,12H,2-3,6H2,1H3,(H,13,14)(H,15,16,17). The largest absolute Gasteiger partial charge is 0.478 e. The van der Waals surface area contributed by atoms with Crippen molar-refractivity contribution in [3.8, 4) is 0 Å². The van der Waals surface area contributed by atoms with Crippen molar-refractivity contribution in [3.63, 3.8) is 0 Å². The molecule has 0 fully saturated rings. The van der Waals surface area contributed by atoms with Crippen LogP contribution in [0.15, 0.2) is 23.1 Å². The van der Waals surface area contributed by atoms with E-state index in [1.165, 1.54) is 6.07 Å². The van der Waals surface area contributed by atoms with E-state index in [9.17, 15) is 13.2 Å². The number of hydrogen-bond acceptors (Lipinski definition) is 4. The number of hydrogen-bond donors (Lipinski definition) is 3. The minimum atomic E-state index is -4.39. The molecule has 3 N–H and O–H groups in total. The summed E-state index contributed by atoms with van der Waals surface area (Å²) in [6.45, 7) is 2.60. The minimum absolute atomic E-state index is 0.179. The Balaban J connectivity index is 3.09. The summed E-state index contributed by atoms with van der Waals surface area (Å²) >= 11 is 0. The molecule has 0 aliphatic heterocycles. The Morgan fingerprint density at radius 2 is 2.06 bits per heavy atom. The second-order valence-corrected chi connectivity index (χ2v) is 5.19. The number of carbonyl (C=O) groups is 1. The van der Waals surface area contributed by atoms with E-state index < -0.39 is 21.0 Å². The maximum absolute atomic E-state index is 11.0. The van der Waals surface area contributed by atoms with Gasteiger partial charge < -0.3 is 10.4 Å². The monoisotopic (exact) mass is 273 g/mol. The summed E-state index contributed by atoms with van der Waals surface area (Å²) in [6, 6.07) is 3.43. The molecule has 0 heterocycles. The third-order valence-corrected chi connectivity index (χ3v) is 3.21. The molecule has 0 aliphatic carbocycles. The third-order valence-electron chi connectivity index (χ3n) is 2.37. The molecule has 0 radical (unpaired) electrons. The van der Waals surface area contributed by atoms with Crippen molar-refractivity contribution in [2.45, 2.75) is 24.7 Å².